The van der Waals surface area contributed by atoms with E-state index in [1.807, 2.05) is 0 Å². The summed E-state index contributed by atoms with van der Waals surface area (Å²) < 4.78 is 0. The molecule has 1 N–H and O–H groups in total. The maximum absolute atomic E-state index is 10.8. The minimum absolute atomic E-state index is 0.269. The Bertz CT molecular complexity index is 406. The molecule has 0 amide bonds. The Morgan fingerprint density at radius 2 is 1.81 bits per heavy atom. The fourth-order valence-electron chi connectivity index (χ4n) is 3.00. The van der Waals surface area contributed by atoms with Crippen molar-refractivity contribution in [3.8, 4) is 0 Å². The van der Waals surface area contributed by atoms with Crippen LogP contribution in [0.3, 0.4) is 0 Å². The van der Waals surface area contributed by atoms with Crippen molar-refractivity contribution < 1.29 is 5.11 Å². The van der Waals surface area contributed by atoms with Gasteiger partial charge in [-0.15, -0.1) is 0 Å². The summed E-state index contributed by atoms with van der Waals surface area (Å²) in [6, 6.07) is 6.26. The van der Waals surface area contributed by atoms with Gasteiger partial charge < -0.3 is 5.11 Å². The molecule has 1 heteroatoms. The van der Waals surface area contributed by atoms with Crippen LogP contribution in [0.4, 0.5) is 0 Å². The highest BCUT2D eigenvalue weighted by molar-refractivity contribution is 5.38. The SMILES string of the molecule is Cc1cccc(C2(O)CCC(C)(C)C2)c1C. The van der Waals surface area contributed by atoms with Crippen LogP contribution in [-0.2, 0) is 5.60 Å². The average molecular weight is 218 g/mol. The average Bonchev–Trinajstić information content (AvgIpc) is 2.46. The van der Waals surface area contributed by atoms with Crippen LogP contribution < -0.4 is 0 Å². The lowest BCUT2D eigenvalue weighted by molar-refractivity contribution is 0.0332. The van der Waals surface area contributed by atoms with Crippen LogP contribution in [0.1, 0.15) is 49.8 Å². The second-order valence-electron chi connectivity index (χ2n) is 6.12. The van der Waals surface area contributed by atoms with E-state index >= 15 is 0 Å². The highest BCUT2D eigenvalue weighted by atomic mass is 16.3. The van der Waals surface area contributed by atoms with Gasteiger partial charge in [-0.2, -0.15) is 0 Å². The van der Waals surface area contributed by atoms with E-state index in [0.717, 1.165) is 24.8 Å². The van der Waals surface area contributed by atoms with Crippen molar-refractivity contribution >= 4 is 0 Å². The molecule has 0 heterocycles. The van der Waals surface area contributed by atoms with Crippen LogP contribution in [0.2, 0.25) is 0 Å². The topological polar surface area (TPSA) is 20.2 Å². The summed E-state index contributed by atoms with van der Waals surface area (Å²) in [5.74, 6) is 0. The summed E-state index contributed by atoms with van der Waals surface area (Å²) in [6.07, 6.45) is 2.88. The summed E-state index contributed by atoms with van der Waals surface area (Å²) in [4.78, 5) is 0. The maximum atomic E-state index is 10.8. The molecule has 0 saturated heterocycles. The predicted octanol–water partition coefficient (Wildman–Crippen LogP) is 3.70. The van der Waals surface area contributed by atoms with Gasteiger partial charge in [0.2, 0.25) is 0 Å². The van der Waals surface area contributed by atoms with Gasteiger partial charge in [0.1, 0.15) is 0 Å². The van der Waals surface area contributed by atoms with Gasteiger partial charge in [0.15, 0.2) is 0 Å². The molecule has 1 aromatic rings. The third-order valence-corrected chi connectivity index (χ3v) is 4.09. The zero-order valence-corrected chi connectivity index (χ0v) is 10.8. The van der Waals surface area contributed by atoms with E-state index in [2.05, 4.69) is 45.9 Å². The molecule has 0 radical (unpaired) electrons. The molecule has 16 heavy (non-hydrogen) atoms. The Morgan fingerprint density at radius 3 is 2.38 bits per heavy atom. The van der Waals surface area contributed by atoms with E-state index in [4.69, 9.17) is 0 Å². The van der Waals surface area contributed by atoms with Gasteiger partial charge in [-0.25, -0.2) is 0 Å². The van der Waals surface area contributed by atoms with Crippen LogP contribution in [0.15, 0.2) is 18.2 Å². The molecule has 1 fully saturated rings. The molecule has 1 unspecified atom stereocenters. The van der Waals surface area contributed by atoms with Crippen LogP contribution in [0, 0.1) is 19.3 Å². The number of benzene rings is 1. The molecule has 1 nitrogen and oxygen atoms in total. The summed E-state index contributed by atoms with van der Waals surface area (Å²) in [5.41, 5.74) is 3.33. The number of aliphatic hydroxyl groups is 1. The third-order valence-electron chi connectivity index (χ3n) is 4.09. The predicted molar refractivity (Wildman–Crippen MR) is 67.4 cm³/mol. The second kappa shape index (κ2) is 3.59. The van der Waals surface area contributed by atoms with Crippen molar-refractivity contribution in [1.29, 1.82) is 0 Å². The zero-order chi connectivity index (χ0) is 12.0. The molecule has 0 aliphatic heterocycles. The molecule has 88 valence electrons. The fraction of sp³-hybridized carbons (Fsp3) is 0.600. The van der Waals surface area contributed by atoms with Crippen molar-refractivity contribution in [3.05, 3.63) is 34.9 Å². The Labute approximate surface area is 98.5 Å². The number of hydrogen-bond donors (Lipinski definition) is 1. The van der Waals surface area contributed by atoms with Crippen molar-refractivity contribution in [2.24, 2.45) is 5.41 Å². The minimum Gasteiger partial charge on any atom is -0.385 e. The van der Waals surface area contributed by atoms with Gasteiger partial charge in [-0.3, -0.25) is 0 Å². The standard InChI is InChI=1S/C15H22O/c1-11-6-5-7-13(12(11)2)15(16)9-8-14(3,4)10-15/h5-7,16H,8-10H2,1-4H3. The summed E-state index contributed by atoms with van der Waals surface area (Å²) in [5, 5.41) is 10.8. The van der Waals surface area contributed by atoms with Crippen LogP contribution in [-0.4, -0.2) is 5.11 Å². The first kappa shape index (κ1) is 11.7. The molecule has 0 aromatic heterocycles. The molecule has 0 bridgehead atoms. The number of aryl methyl sites for hydroxylation is 1. The smallest absolute Gasteiger partial charge is 0.0904 e. The van der Waals surface area contributed by atoms with E-state index in [1.165, 1.54) is 11.1 Å². The minimum atomic E-state index is -0.598. The largest absolute Gasteiger partial charge is 0.385 e. The van der Waals surface area contributed by atoms with Crippen molar-refractivity contribution in [2.75, 3.05) is 0 Å². The summed E-state index contributed by atoms with van der Waals surface area (Å²) >= 11 is 0. The Balaban J connectivity index is 2.42. The fourth-order valence-corrected chi connectivity index (χ4v) is 3.00. The Kier molecular flexibility index (Phi) is 2.62. The van der Waals surface area contributed by atoms with Gasteiger partial charge in [0.05, 0.1) is 5.60 Å². The highest BCUT2D eigenvalue weighted by Gasteiger charge is 2.43. The normalized spacial score (nSPS) is 28.3. The maximum Gasteiger partial charge on any atom is 0.0904 e. The van der Waals surface area contributed by atoms with Crippen LogP contribution in [0.5, 0.6) is 0 Å². The molecule has 0 spiro atoms. The van der Waals surface area contributed by atoms with Crippen LogP contribution >= 0.6 is 0 Å². The zero-order valence-electron chi connectivity index (χ0n) is 10.8. The molecular formula is C15H22O. The van der Waals surface area contributed by atoms with Gasteiger partial charge >= 0.3 is 0 Å². The molecule has 1 aliphatic rings. The Hall–Kier alpha value is -0.820. The number of rotatable bonds is 1. The Morgan fingerprint density at radius 1 is 1.12 bits per heavy atom. The molecule has 2 rings (SSSR count). The first-order valence-electron chi connectivity index (χ1n) is 6.13. The summed E-state index contributed by atoms with van der Waals surface area (Å²) in [7, 11) is 0. The van der Waals surface area contributed by atoms with E-state index in [-0.39, 0.29) is 5.41 Å². The third kappa shape index (κ3) is 1.89. The first-order valence-corrected chi connectivity index (χ1v) is 6.13. The number of hydrogen-bond acceptors (Lipinski definition) is 1. The van der Waals surface area contributed by atoms with Crippen LogP contribution in [0.25, 0.3) is 0 Å². The van der Waals surface area contributed by atoms with Crippen molar-refractivity contribution in [1.82, 2.24) is 0 Å². The molecule has 1 aromatic carbocycles. The lowest BCUT2D eigenvalue weighted by Gasteiger charge is -2.28. The van der Waals surface area contributed by atoms with Gasteiger partial charge in [-0.1, -0.05) is 32.0 Å². The van der Waals surface area contributed by atoms with Gasteiger partial charge in [0.25, 0.3) is 0 Å². The second-order valence-corrected chi connectivity index (χ2v) is 6.12. The van der Waals surface area contributed by atoms with Gasteiger partial charge in [-0.05, 0) is 55.2 Å². The molecule has 1 atom stereocenters. The quantitative estimate of drug-likeness (QED) is 0.762. The molecule has 1 saturated carbocycles. The van der Waals surface area contributed by atoms with E-state index < -0.39 is 5.60 Å². The molecular weight excluding hydrogens is 196 g/mol. The first-order chi connectivity index (χ1) is 7.34. The summed E-state index contributed by atoms with van der Waals surface area (Å²) in [6.45, 7) is 8.72. The van der Waals surface area contributed by atoms with Crippen molar-refractivity contribution in [2.45, 2.75) is 52.6 Å². The molecule has 1 aliphatic carbocycles. The lowest BCUT2D eigenvalue weighted by atomic mass is 9.83. The van der Waals surface area contributed by atoms with E-state index in [1.54, 1.807) is 0 Å². The van der Waals surface area contributed by atoms with Gasteiger partial charge in [0, 0.05) is 0 Å². The highest BCUT2D eigenvalue weighted by Crippen LogP contribution is 2.49. The van der Waals surface area contributed by atoms with E-state index in [9.17, 15) is 5.11 Å². The van der Waals surface area contributed by atoms with Crippen molar-refractivity contribution in [3.63, 3.8) is 0 Å². The monoisotopic (exact) mass is 218 g/mol. The lowest BCUT2D eigenvalue weighted by Crippen LogP contribution is -2.24. The van der Waals surface area contributed by atoms with E-state index in [0.29, 0.717) is 0 Å².